The first-order valence-corrected chi connectivity index (χ1v) is 7.32. The van der Waals surface area contributed by atoms with Crippen LogP contribution in [0.25, 0.3) is 11.0 Å². The average Bonchev–Trinajstić information content (AvgIpc) is 2.51. The van der Waals surface area contributed by atoms with E-state index in [1.807, 2.05) is 0 Å². The predicted molar refractivity (Wildman–Crippen MR) is 81.8 cm³/mol. The highest BCUT2D eigenvalue weighted by atomic mass is 16.2. The molecule has 0 spiro atoms. The van der Waals surface area contributed by atoms with E-state index in [9.17, 15) is 14.4 Å². The van der Waals surface area contributed by atoms with Gasteiger partial charge >= 0.3 is 0 Å². The van der Waals surface area contributed by atoms with E-state index in [4.69, 9.17) is 0 Å². The number of carbonyl (C=O) groups is 1. The Kier molecular flexibility index (Phi) is 3.56. The summed E-state index contributed by atoms with van der Waals surface area (Å²) in [4.78, 5) is 44.3. The van der Waals surface area contributed by atoms with Crippen molar-refractivity contribution in [2.75, 3.05) is 13.1 Å². The maximum atomic E-state index is 12.5. The highest BCUT2D eigenvalue weighted by molar-refractivity contribution is 5.75. The molecule has 1 N–H and O–H groups in total. The maximum absolute atomic E-state index is 12.5. The van der Waals surface area contributed by atoms with Crippen LogP contribution in [-0.2, 0) is 11.8 Å². The number of carbonyl (C=O) groups excluding carboxylic acids is 1. The standard InChI is InChI=1S/C15H18N4O3/c1-9(20)19-5-3-10(4-6-19)11-7-12-13(18(2)15(11)22)16-8-17-14(12)21/h7-8,10H,3-6H2,1-2H3,(H,16,17,21). The molecule has 1 aliphatic heterocycles. The lowest BCUT2D eigenvalue weighted by Crippen LogP contribution is -2.38. The molecule has 0 aromatic carbocycles. The smallest absolute Gasteiger partial charge is 0.260 e. The van der Waals surface area contributed by atoms with E-state index in [1.165, 1.54) is 10.9 Å². The van der Waals surface area contributed by atoms with Crippen molar-refractivity contribution in [3.8, 4) is 0 Å². The van der Waals surface area contributed by atoms with Gasteiger partial charge < -0.3 is 9.88 Å². The number of aryl methyl sites for hydroxylation is 1. The largest absolute Gasteiger partial charge is 0.343 e. The number of fused-ring (bicyclic) bond motifs is 1. The lowest BCUT2D eigenvalue weighted by molar-refractivity contribution is -0.129. The lowest BCUT2D eigenvalue weighted by Gasteiger charge is -2.31. The fourth-order valence-electron chi connectivity index (χ4n) is 3.10. The maximum Gasteiger partial charge on any atom is 0.260 e. The molecule has 0 aliphatic carbocycles. The normalized spacial score (nSPS) is 16.2. The number of H-pyrrole nitrogens is 1. The predicted octanol–water partition coefficient (Wildman–Crippen LogP) is 0.348. The zero-order valence-electron chi connectivity index (χ0n) is 12.6. The van der Waals surface area contributed by atoms with Gasteiger partial charge in [0.25, 0.3) is 11.1 Å². The number of piperidine rings is 1. The fraction of sp³-hybridized carbons (Fsp3) is 0.467. The SMILES string of the molecule is CC(=O)N1CCC(c2cc3c(=O)[nH]cnc3n(C)c2=O)CC1. The Bertz CT molecular complexity index is 844. The number of aromatic amines is 1. The van der Waals surface area contributed by atoms with Crippen LogP contribution in [0.1, 0.15) is 31.2 Å². The summed E-state index contributed by atoms with van der Waals surface area (Å²) >= 11 is 0. The van der Waals surface area contributed by atoms with E-state index in [2.05, 4.69) is 9.97 Å². The molecule has 0 bridgehead atoms. The second-order valence-corrected chi connectivity index (χ2v) is 5.71. The zero-order valence-corrected chi connectivity index (χ0v) is 12.6. The van der Waals surface area contributed by atoms with Crippen LogP contribution in [0.5, 0.6) is 0 Å². The van der Waals surface area contributed by atoms with Crippen molar-refractivity contribution in [3.05, 3.63) is 38.7 Å². The molecule has 2 aromatic heterocycles. The van der Waals surface area contributed by atoms with Crippen LogP contribution < -0.4 is 11.1 Å². The molecule has 7 heteroatoms. The highest BCUT2D eigenvalue weighted by Gasteiger charge is 2.25. The first kappa shape index (κ1) is 14.5. The molecule has 1 amide bonds. The first-order valence-electron chi connectivity index (χ1n) is 7.32. The number of hydrogen-bond acceptors (Lipinski definition) is 4. The van der Waals surface area contributed by atoms with Gasteiger partial charge in [-0.1, -0.05) is 0 Å². The summed E-state index contributed by atoms with van der Waals surface area (Å²) in [6.45, 7) is 2.84. The summed E-state index contributed by atoms with van der Waals surface area (Å²) in [5.41, 5.74) is 0.658. The molecule has 0 saturated carbocycles. The van der Waals surface area contributed by atoms with E-state index in [0.717, 1.165) is 12.8 Å². The van der Waals surface area contributed by atoms with E-state index >= 15 is 0 Å². The van der Waals surface area contributed by atoms with Crippen LogP contribution in [-0.4, -0.2) is 38.4 Å². The van der Waals surface area contributed by atoms with E-state index < -0.39 is 0 Å². The molecule has 22 heavy (non-hydrogen) atoms. The van der Waals surface area contributed by atoms with Crippen LogP contribution >= 0.6 is 0 Å². The Morgan fingerprint density at radius 1 is 1.32 bits per heavy atom. The number of nitrogens with one attached hydrogen (secondary N) is 1. The Morgan fingerprint density at radius 3 is 2.64 bits per heavy atom. The van der Waals surface area contributed by atoms with Crippen molar-refractivity contribution in [3.63, 3.8) is 0 Å². The van der Waals surface area contributed by atoms with Crippen molar-refractivity contribution in [1.29, 1.82) is 0 Å². The Balaban J connectivity index is 2.04. The topological polar surface area (TPSA) is 88.1 Å². The molecule has 3 heterocycles. The van der Waals surface area contributed by atoms with Crippen molar-refractivity contribution < 1.29 is 4.79 Å². The van der Waals surface area contributed by atoms with Crippen molar-refractivity contribution in [1.82, 2.24) is 19.4 Å². The molecule has 0 radical (unpaired) electrons. The second kappa shape index (κ2) is 5.40. The number of nitrogens with zero attached hydrogens (tertiary/aromatic N) is 3. The van der Waals surface area contributed by atoms with Gasteiger partial charge in [-0.05, 0) is 24.8 Å². The molecular weight excluding hydrogens is 284 g/mol. The van der Waals surface area contributed by atoms with Gasteiger partial charge in [0.05, 0.1) is 11.7 Å². The molecule has 3 rings (SSSR count). The van der Waals surface area contributed by atoms with Gasteiger partial charge in [-0.15, -0.1) is 0 Å². The summed E-state index contributed by atoms with van der Waals surface area (Å²) in [5.74, 6) is 0.129. The third-order valence-electron chi connectivity index (χ3n) is 4.42. The quantitative estimate of drug-likeness (QED) is 0.823. The fourth-order valence-corrected chi connectivity index (χ4v) is 3.10. The summed E-state index contributed by atoms with van der Waals surface area (Å²) < 4.78 is 1.43. The number of pyridine rings is 1. The Hall–Kier alpha value is -2.44. The van der Waals surface area contributed by atoms with Crippen LogP contribution in [0.3, 0.4) is 0 Å². The second-order valence-electron chi connectivity index (χ2n) is 5.71. The van der Waals surface area contributed by atoms with E-state index in [1.54, 1.807) is 24.9 Å². The highest BCUT2D eigenvalue weighted by Crippen LogP contribution is 2.26. The van der Waals surface area contributed by atoms with Crippen LogP contribution in [0.2, 0.25) is 0 Å². The summed E-state index contributed by atoms with van der Waals surface area (Å²) in [7, 11) is 1.63. The number of amides is 1. The molecule has 7 nitrogen and oxygen atoms in total. The number of rotatable bonds is 1. The molecule has 1 fully saturated rings. The molecule has 1 aliphatic rings. The van der Waals surface area contributed by atoms with Crippen molar-refractivity contribution in [2.45, 2.75) is 25.7 Å². The van der Waals surface area contributed by atoms with Crippen molar-refractivity contribution >= 4 is 16.9 Å². The van der Waals surface area contributed by atoms with Gasteiger partial charge in [0.1, 0.15) is 5.65 Å². The van der Waals surface area contributed by atoms with Gasteiger partial charge in [0.2, 0.25) is 5.91 Å². The third kappa shape index (κ3) is 2.32. The first-order chi connectivity index (χ1) is 10.5. The van der Waals surface area contributed by atoms with Gasteiger partial charge in [0.15, 0.2) is 0 Å². The number of likely N-dealkylation sites (tertiary alicyclic amines) is 1. The molecule has 1 saturated heterocycles. The monoisotopic (exact) mass is 302 g/mol. The Labute approximate surface area is 126 Å². The molecule has 0 unspecified atom stereocenters. The number of aromatic nitrogens is 3. The molecular formula is C15H18N4O3. The zero-order chi connectivity index (χ0) is 15.9. The molecule has 0 atom stereocenters. The van der Waals surface area contributed by atoms with Crippen LogP contribution in [0, 0.1) is 0 Å². The van der Waals surface area contributed by atoms with Crippen molar-refractivity contribution in [2.24, 2.45) is 7.05 Å². The van der Waals surface area contributed by atoms with Gasteiger partial charge in [-0.2, -0.15) is 0 Å². The van der Waals surface area contributed by atoms with E-state index in [-0.39, 0.29) is 22.9 Å². The van der Waals surface area contributed by atoms with Crippen LogP contribution in [0.4, 0.5) is 0 Å². The minimum absolute atomic E-state index is 0.0607. The minimum atomic E-state index is -0.247. The third-order valence-corrected chi connectivity index (χ3v) is 4.42. The molecule has 2 aromatic rings. The van der Waals surface area contributed by atoms with Gasteiger partial charge in [-0.3, -0.25) is 19.0 Å². The van der Waals surface area contributed by atoms with Gasteiger partial charge in [-0.25, -0.2) is 4.98 Å². The average molecular weight is 302 g/mol. The summed E-state index contributed by atoms with van der Waals surface area (Å²) in [6.07, 6.45) is 2.77. The summed E-state index contributed by atoms with van der Waals surface area (Å²) in [6, 6.07) is 1.66. The van der Waals surface area contributed by atoms with E-state index in [0.29, 0.717) is 29.7 Å². The Morgan fingerprint density at radius 2 is 2.00 bits per heavy atom. The summed E-state index contributed by atoms with van der Waals surface area (Å²) in [5, 5.41) is 0.425. The minimum Gasteiger partial charge on any atom is -0.343 e. The molecule has 116 valence electrons. The lowest BCUT2D eigenvalue weighted by atomic mass is 9.89. The van der Waals surface area contributed by atoms with Crippen LogP contribution in [0.15, 0.2) is 22.0 Å². The van der Waals surface area contributed by atoms with Gasteiger partial charge in [0, 0.05) is 32.6 Å². The number of hydrogen-bond donors (Lipinski definition) is 1.